The van der Waals surface area contributed by atoms with Gasteiger partial charge in [0.05, 0.1) is 13.1 Å². The predicted molar refractivity (Wildman–Crippen MR) is 86.7 cm³/mol. The highest BCUT2D eigenvalue weighted by molar-refractivity contribution is 9.12. The van der Waals surface area contributed by atoms with E-state index in [2.05, 4.69) is 63.0 Å². The van der Waals surface area contributed by atoms with Gasteiger partial charge in [-0.15, -0.1) is 11.3 Å². The van der Waals surface area contributed by atoms with Crippen LogP contribution in [0, 0.1) is 6.92 Å². The van der Waals surface area contributed by atoms with Gasteiger partial charge in [0.1, 0.15) is 0 Å². The lowest BCUT2D eigenvalue weighted by Gasteiger charge is -2.17. The summed E-state index contributed by atoms with van der Waals surface area (Å²) >= 11 is 8.32. The Morgan fingerprint density at radius 2 is 1.89 bits per heavy atom. The number of aryl methyl sites for hydroxylation is 1. The molecule has 0 N–H and O–H groups in total. The van der Waals surface area contributed by atoms with Gasteiger partial charge in [-0.1, -0.05) is 29.8 Å². The summed E-state index contributed by atoms with van der Waals surface area (Å²) in [6.45, 7) is 2.66. The highest BCUT2D eigenvalue weighted by atomic mass is 79.9. The Hall–Kier alpha value is -0.650. The molecule has 1 heterocycles. The van der Waals surface area contributed by atoms with Crippen LogP contribution in [0.25, 0.3) is 0 Å². The summed E-state index contributed by atoms with van der Waals surface area (Å²) in [5.74, 6) is 0.0226. The van der Waals surface area contributed by atoms with Gasteiger partial charge in [0.2, 0.25) is 0 Å². The molecule has 0 fully saturated rings. The molecular weight excluding hydrogens is 390 g/mol. The van der Waals surface area contributed by atoms with E-state index in [0.29, 0.717) is 12.1 Å². The average molecular weight is 403 g/mol. The van der Waals surface area contributed by atoms with Crippen LogP contribution in [0.5, 0.6) is 0 Å². The van der Waals surface area contributed by atoms with Crippen molar-refractivity contribution in [3.8, 4) is 0 Å². The molecule has 1 aromatic heterocycles. The van der Waals surface area contributed by atoms with Gasteiger partial charge in [-0.05, 0) is 50.4 Å². The predicted octanol–water partition coefficient (Wildman–Crippen LogP) is 4.85. The van der Waals surface area contributed by atoms with Crippen LogP contribution in [0.4, 0.5) is 0 Å². The van der Waals surface area contributed by atoms with E-state index in [4.69, 9.17) is 0 Å². The quantitative estimate of drug-likeness (QED) is 0.718. The van der Waals surface area contributed by atoms with Gasteiger partial charge < -0.3 is 4.90 Å². The fourth-order valence-corrected chi connectivity index (χ4v) is 4.51. The fraction of sp³-hybridized carbons (Fsp3) is 0.214. The maximum atomic E-state index is 12.3. The topological polar surface area (TPSA) is 20.3 Å². The monoisotopic (exact) mass is 401 g/mol. The van der Waals surface area contributed by atoms with E-state index in [1.54, 1.807) is 4.90 Å². The number of rotatable bonds is 3. The van der Waals surface area contributed by atoms with Crippen LogP contribution in [0.1, 0.15) is 21.5 Å². The summed E-state index contributed by atoms with van der Waals surface area (Å²) in [6.07, 6.45) is 0. The number of nitrogens with zero attached hydrogens (tertiary/aromatic N) is 1. The third kappa shape index (κ3) is 3.68. The minimum absolute atomic E-state index is 0.0226. The smallest absolute Gasteiger partial charge is 0.255 e. The van der Waals surface area contributed by atoms with Gasteiger partial charge >= 0.3 is 0 Å². The minimum atomic E-state index is 0.0226. The first kappa shape index (κ1) is 14.8. The summed E-state index contributed by atoms with van der Waals surface area (Å²) in [5, 5.41) is 0. The van der Waals surface area contributed by atoms with Crippen molar-refractivity contribution in [3.63, 3.8) is 0 Å². The van der Waals surface area contributed by atoms with E-state index in [-0.39, 0.29) is 5.91 Å². The first-order valence-corrected chi connectivity index (χ1v) is 8.13. The zero-order chi connectivity index (χ0) is 14.0. The first-order chi connectivity index (χ1) is 8.97. The minimum Gasteiger partial charge on any atom is -0.337 e. The van der Waals surface area contributed by atoms with E-state index in [1.807, 2.05) is 13.1 Å². The van der Waals surface area contributed by atoms with E-state index < -0.39 is 0 Å². The van der Waals surface area contributed by atoms with Gasteiger partial charge in [-0.3, -0.25) is 4.79 Å². The van der Waals surface area contributed by atoms with E-state index in [0.717, 1.165) is 13.1 Å². The van der Waals surface area contributed by atoms with E-state index in [9.17, 15) is 4.79 Å². The van der Waals surface area contributed by atoms with Crippen LogP contribution in [0.3, 0.4) is 0 Å². The molecule has 100 valence electrons. The molecule has 2 nitrogen and oxygen atoms in total. The lowest BCUT2D eigenvalue weighted by atomic mass is 10.1. The number of amides is 1. The van der Waals surface area contributed by atoms with Gasteiger partial charge in [0.15, 0.2) is 0 Å². The molecule has 5 heteroatoms. The molecule has 2 rings (SSSR count). The molecule has 19 heavy (non-hydrogen) atoms. The second kappa shape index (κ2) is 6.20. The maximum absolute atomic E-state index is 12.3. The molecule has 0 atom stereocenters. The number of carbonyl (C=O) groups is 1. The summed E-state index contributed by atoms with van der Waals surface area (Å²) in [4.78, 5) is 14.1. The molecule has 1 aromatic carbocycles. The SMILES string of the molecule is Cc1ccc(CN(C)C(=O)c2cc(Br)sc2Br)cc1. The summed E-state index contributed by atoms with van der Waals surface area (Å²) < 4.78 is 1.81. The highest BCUT2D eigenvalue weighted by Gasteiger charge is 2.17. The van der Waals surface area contributed by atoms with Crippen LogP contribution >= 0.6 is 43.2 Å². The molecule has 0 saturated carbocycles. The largest absolute Gasteiger partial charge is 0.337 e. The van der Waals surface area contributed by atoms with Crippen molar-refractivity contribution in [1.29, 1.82) is 0 Å². The number of halogens is 2. The van der Waals surface area contributed by atoms with Gasteiger partial charge in [0.25, 0.3) is 5.91 Å². The van der Waals surface area contributed by atoms with Crippen LogP contribution in [0.2, 0.25) is 0 Å². The molecule has 0 unspecified atom stereocenters. The standard InChI is InChI=1S/C14H13Br2NOS/c1-9-3-5-10(6-4-9)8-17(2)14(18)11-7-12(15)19-13(11)16/h3-7H,8H2,1-2H3. The Labute approximate surface area is 133 Å². The lowest BCUT2D eigenvalue weighted by Crippen LogP contribution is -2.26. The Balaban J connectivity index is 2.11. The van der Waals surface area contributed by atoms with Crippen molar-refractivity contribution in [2.45, 2.75) is 13.5 Å². The Bertz CT molecular complexity index is 592. The van der Waals surface area contributed by atoms with Gasteiger partial charge in [0, 0.05) is 13.6 Å². The summed E-state index contributed by atoms with van der Waals surface area (Å²) in [5.41, 5.74) is 3.06. The number of benzene rings is 1. The number of thiophene rings is 1. The second-order valence-corrected chi connectivity index (χ2v) is 8.13. The van der Waals surface area contributed by atoms with Crippen molar-refractivity contribution in [2.24, 2.45) is 0 Å². The maximum Gasteiger partial charge on any atom is 0.255 e. The van der Waals surface area contributed by atoms with Crippen LogP contribution in [0.15, 0.2) is 37.9 Å². The Kier molecular flexibility index (Phi) is 4.81. The normalized spacial score (nSPS) is 10.5. The van der Waals surface area contributed by atoms with Crippen molar-refractivity contribution < 1.29 is 4.79 Å². The van der Waals surface area contributed by atoms with Crippen molar-refractivity contribution in [2.75, 3.05) is 7.05 Å². The first-order valence-electron chi connectivity index (χ1n) is 5.73. The summed E-state index contributed by atoms with van der Waals surface area (Å²) in [6, 6.07) is 10.1. The van der Waals surface area contributed by atoms with E-state index in [1.165, 1.54) is 16.9 Å². The van der Waals surface area contributed by atoms with Crippen molar-refractivity contribution in [1.82, 2.24) is 4.90 Å². The molecule has 0 aliphatic carbocycles. The molecule has 0 bridgehead atoms. The third-order valence-corrected chi connectivity index (χ3v) is 5.11. The van der Waals surface area contributed by atoms with Gasteiger partial charge in [-0.2, -0.15) is 0 Å². The Morgan fingerprint density at radius 3 is 2.42 bits per heavy atom. The van der Waals surface area contributed by atoms with Crippen LogP contribution in [-0.4, -0.2) is 17.9 Å². The number of hydrogen-bond acceptors (Lipinski definition) is 2. The van der Waals surface area contributed by atoms with E-state index >= 15 is 0 Å². The zero-order valence-electron chi connectivity index (χ0n) is 10.6. The number of carbonyl (C=O) groups excluding carboxylic acids is 1. The van der Waals surface area contributed by atoms with Crippen molar-refractivity contribution >= 4 is 49.1 Å². The average Bonchev–Trinajstić information content (AvgIpc) is 2.70. The molecule has 0 aliphatic heterocycles. The fourth-order valence-electron chi connectivity index (χ4n) is 1.73. The van der Waals surface area contributed by atoms with Gasteiger partial charge in [-0.25, -0.2) is 0 Å². The van der Waals surface area contributed by atoms with Crippen LogP contribution < -0.4 is 0 Å². The summed E-state index contributed by atoms with van der Waals surface area (Å²) in [7, 11) is 1.82. The molecule has 0 radical (unpaired) electrons. The Morgan fingerprint density at radius 1 is 1.26 bits per heavy atom. The third-order valence-electron chi connectivity index (χ3n) is 2.77. The zero-order valence-corrected chi connectivity index (χ0v) is 14.6. The molecule has 0 spiro atoms. The van der Waals surface area contributed by atoms with Crippen molar-refractivity contribution in [3.05, 3.63) is 54.6 Å². The second-order valence-electron chi connectivity index (χ2n) is 4.38. The number of hydrogen-bond donors (Lipinski definition) is 0. The van der Waals surface area contributed by atoms with Crippen LogP contribution in [-0.2, 0) is 6.54 Å². The molecule has 0 aliphatic rings. The molecule has 0 saturated heterocycles. The molecular formula is C14H13Br2NOS. The molecule has 2 aromatic rings. The molecule has 1 amide bonds. The highest BCUT2D eigenvalue weighted by Crippen LogP contribution is 2.32. The lowest BCUT2D eigenvalue weighted by molar-refractivity contribution is 0.0785.